The number of ether oxygens (including phenoxy) is 1. The fourth-order valence-corrected chi connectivity index (χ4v) is 5.69. The number of benzene rings is 1. The van der Waals surface area contributed by atoms with Crippen LogP contribution in [-0.4, -0.2) is 32.8 Å². The van der Waals surface area contributed by atoms with Crippen molar-refractivity contribution in [2.24, 2.45) is 5.41 Å². The highest BCUT2D eigenvalue weighted by Gasteiger charge is 2.52. The maximum atomic E-state index is 12.8. The molecule has 3 aromatic rings. The first-order chi connectivity index (χ1) is 15.3. The summed E-state index contributed by atoms with van der Waals surface area (Å²) in [6.45, 7) is 3.34. The van der Waals surface area contributed by atoms with Gasteiger partial charge < -0.3 is 9.30 Å². The van der Waals surface area contributed by atoms with E-state index in [0.29, 0.717) is 34.4 Å². The number of carbonyl (C=O) groups excluding carboxylic acids is 1. The normalized spacial score (nSPS) is 25.3. The third-order valence-electron chi connectivity index (χ3n) is 6.48. The summed E-state index contributed by atoms with van der Waals surface area (Å²) < 4.78 is 8.07. The van der Waals surface area contributed by atoms with Gasteiger partial charge >= 0.3 is 6.09 Å². The van der Waals surface area contributed by atoms with Crippen LogP contribution in [0.1, 0.15) is 38.2 Å². The fraction of sp³-hybridized carbons (Fsp3) is 0.391. The number of pyridine rings is 1. The highest BCUT2D eigenvalue weighted by Crippen LogP contribution is 2.48. The van der Waals surface area contributed by atoms with Crippen molar-refractivity contribution in [3.8, 4) is 6.07 Å². The Hall–Kier alpha value is -2.82. The van der Waals surface area contributed by atoms with E-state index in [2.05, 4.69) is 27.5 Å². The third kappa shape index (κ3) is 3.68. The van der Waals surface area contributed by atoms with Gasteiger partial charge in [0, 0.05) is 12.7 Å². The molecule has 2 atom stereocenters. The number of hydrogen-bond acceptors (Lipinski definition) is 5. The molecule has 0 bridgehead atoms. The Labute approximate surface area is 195 Å². The lowest BCUT2D eigenvalue weighted by molar-refractivity contribution is -0.0264. The summed E-state index contributed by atoms with van der Waals surface area (Å²) in [6, 6.07) is 9.29. The number of amides is 1. The monoisotopic (exact) mass is 469 g/mol. The average molecular weight is 470 g/mol. The summed E-state index contributed by atoms with van der Waals surface area (Å²) in [5, 5.41) is 10.00. The van der Waals surface area contributed by atoms with Gasteiger partial charge in [-0.05, 0) is 55.4 Å². The maximum absolute atomic E-state index is 12.8. The van der Waals surface area contributed by atoms with Gasteiger partial charge in [-0.25, -0.2) is 14.8 Å². The van der Waals surface area contributed by atoms with Crippen LogP contribution in [0.2, 0.25) is 10.0 Å². The highest BCUT2D eigenvalue weighted by atomic mass is 35.5. The second-order valence-corrected chi connectivity index (χ2v) is 9.97. The van der Waals surface area contributed by atoms with Crippen LogP contribution in [0.3, 0.4) is 0 Å². The van der Waals surface area contributed by atoms with E-state index in [-0.39, 0.29) is 5.41 Å². The Bertz CT molecular complexity index is 1270. The molecule has 5 rings (SSSR count). The molecule has 1 amide bonds. The molecule has 32 heavy (non-hydrogen) atoms. The summed E-state index contributed by atoms with van der Waals surface area (Å²) >= 11 is 12.3. The molecular weight excluding hydrogens is 449 g/mol. The third-order valence-corrected chi connectivity index (χ3v) is 6.96. The minimum atomic E-state index is -0.594. The van der Waals surface area contributed by atoms with Crippen molar-refractivity contribution in [2.75, 3.05) is 11.4 Å². The van der Waals surface area contributed by atoms with Crippen molar-refractivity contribution < 1.29 is 9.53 Å². The van der Waals surface area contributed by atoms with Gasteiger partial charge in [-0.15, -0.1) is 0 Å². The molecular formula is C23H21Cl2N5O2. The zero-order chi connectivity index (χ0) is 22.5. The van der Waals surface area contributed by atoms with Gasteiger partial charge in [0.1, 0.15) is 5.60 Å². The van der Waals surface area contributed by atoms with Crippen molar-refractivity contribution in [1.82, 2.24) is 14.5 Å². The lowest BCUT2D eigenvalue weighted by Crippen LogP contribution is -2.45. The molecule has 2 fully saturated rings. The predicted octanol–water partition coefficient (Wildman–Crippen LogP) is 5.59. The number of carbonyl (C=O) groups is 1. The van der Waals surface area contributed by atoms with E-state index in [0.717, 1.165) is 36.8 Å². The van der Waals surface area contributed by atoms with Crippen LogP contribution in [0.25, 0.3) is 11.0 Å². The zero-order valence-corrected chi connectivity index (χ0v) is 19.0. The van der Waals surface area contributed by atoms with E-state index >= 15 is 0 Å². The molecule has 1 aliphatic carbocycles. The van der Waals surface area contributed by atoms with Crippen molar-refractivity contribution in [2.45, 2.75) is 44.8 Å². The number of nitrogens with zero attached hydrogens (tertiary/aromatic N) is 5. The molecule has 1 saturated carbocycles. The Morgan fingerprint density at radius 3 is 2.88 bits per heavy atom. The lowest BCUT2D eigenvalue weighted by Gasteiger charge is -2.43. The first kappa shape index (κ1) is 21.0. The van der Waals surface area contributed by atoms with Gasteiger partial charge in [0.15, 0.2) is 5.82 Å². The Kier molecular flexibility index (Phi) is 5.03. The van der Waals surface area contributed by atoms with Crippen LogP contribution < -0.4 is 4.90 Å². The van der Waals surface area contributed by atoms with Gasteiger partial charge in [0.05, 0.1) is 45.6 Å². The van der Waals surface area contributed by atoms with Crippen LogP contribution in [0.15, 0.2) is 36.8 Å². The molecule has 164 valence electrons. The highest BCUT2D eigenvalue weighted by molar-refractivity contribution is 6.36. The molecule has 7 nitrogen and oxygen atoms in total. The molecule has 1 aromatic carbocycles. The summed E-state index contributed by atoms with van der Waals surface area (Å²) in [7, 11) is 0. The van der Waals surface area contributed by atoms with Crippen molar-refractivity contribution in [1.29, 1.82) is 5.26 Å². The summed E-state index contributed by atoms with van der Waals surface area (Å²) in [6.07, 6.45) is 6.32. The maximum Gasteiger partial charge on any atom is 0.416 e. The van der Waals surface area contributed by atoms with Crippen LogP contribution >= 0.6 is 23.2 Å². The van der Waals surface area contributed by atoms with Gasteiger partial charge in [-0.2, -0.15) is 5.26 Å². The van der Waals surface area contributed by atoms with Gasteiger partial charge in [-0.1, -0.05) is 30.1 Å². The minimum absolute atomic E-state index is 0.109. The molecule has 0 N–H and O–H groups in total. The molecule has 9 heteroatoms. The number of fused-ring (bicyclic) bond motifs is 1. The van der Waals surface area contributed by atoms with Gasteiger partial charge in [0.2, 0.25) is 0 Å². The molecule has 1 spiro atoms. The topological polar surface area (TPSA) is 84.0 Å². The summed E-state index contributed by atoms with van der Waals surface area (Å²) in [5.41, 5.74) is 1.70. The first-order valence-corrected chi connectivity index (χ1v) is 11.2. The van der Waals surface area contributed by atoms with E-state index in [4.69, 9.17) is 27.9 Å². The summed E-state index contributed by atoms with van der Waals surface area (Å²) in [4.78, 5) is 23.0. The molecule has 1 saturated heterocycles. The molecule has 3 heterocycles. The molecule has 0 unspecified atom stereocenters. The van der Waals surface area contributed by atoms with Gasteiger partial charge in [-0.3, -0.25) is 4.90 Å². The second kappa shape index (κ2) is 7.65. The van der Waals surface area contributed by atoms with Gasteiger partial charge in [0.25, 0.3) is 0 Å². The lowest BCUT2D eigenvalue weighted by atomic mass is 9.68. The van der Waals surface area contributed by atoms with E-state index in [1.807, 2.05) is 18.5 Å². The molecule has 2 aromatic heterocycles. The average Bonchev–Trinajstić information content (AvgIpc) is 3.27. The smallest absolute Gasteiger partial charge is 0.416 e. The van der Waals surface area contributed by atoms with E-state index < -0.39 is 11.7 Å². The van der Waals surface area contributed by atoms with Crippen LogP contribution in [0, 0.1) is 16.7 Å². The fourth-order valence-electron chi connectivity index (χ4n) is 5.21. The first-order valence-electron chi connectivity index (χ1n) is 10.5. The molecule has 2 aliphatic rings. The van der Waals surface area contributed by atoms with E-state index in [9.17, 15) is 10.1 Å². The number of anilines is 1. The largest absolute Gasteiger partial charge is 0.441 e. The van der Waals surface area contributed by atoms with Crippen LogP contribution in [0.5, 0.6) is 0 Å². The quantitative estimate of drug-likeness (QED) is 0.499. The zero-order valence-electron chi connectivity index (χ0n) is 17.5. The standard InChI is InChI=1S/C23H21Cl2N5O2/c1-22(12-29-14-28-18-4-3-15(9-26)7-19(18)29)5-2-6-23(11-22)13-30(21(31)32-23)20-17(25)8-16(24)10-27-20/h3-4,7-8,10,14H,2,5-6,11-13H2,1H3/t22-,23-/m0/s1. The number of nitriles is 1. The number of hydrogen-bond donors (Lipinski definition) is 0. The Balaban J connectivity index is 1.40. The van der Waals surface area contributed by atoms with E-state index in [1.165, 1.54) is 11.1 Å². The Morgan fingerprint density at radius 1 is 1.25 bits per heavy atom. The predicted molar refractivity (Wildman–Crippen MR) is 122 cm³/mol. The number of halogens is 2. The Morgan fingerprint density at radius 2 is 2.09 bits per heavy atom. The number of imidazole rings is 1. The van der Waals surface area contributed by atoms with Crippen molar-refractivity contribution in [3.63, 3.8) is 0 Å². The van der Waals surface area contributed by atoms with Crippen molar-refractivity contribution >= 4 is 46.1 Å². The van der Waals surface area contributed by atoms with E-state index in [1.54, 1.807) is 12.1 Å². The van der Waals surface area contributed by atoms with Crippen molar-refractivity contribution in [3.05, 3.63) is 52.4 Å². The number of rotatable bonds is 3. The SMILES string of the molecule is C[C@]1(Cn2cnc3ccc(C#N)cc32)CCC[C@@]2(CN(c3ncc(Cl)cc3Cl)C(=O)O2)C1. The second-order valence-electron chi connectivity index (χ2n) is 9.12. The summed E-state index contributed by atoms with van der Waals surface area (Å²) in [5.74, 6) is 0.370. The minimum Gasteiger partial charge on any atom is -0.441 e. The van der Waals surface area contributed by atoms with Crippen LogP contribution in [-0.2, 0) is 11.3 Å². The van der Waals surface area contributed by atoms with Crippen LogP contribution in [0.4, 0.5) is 10.6 Å². The number of aromatic nitrogens is 3. The molecule has 0 radical (unpaired) electrons. The molecule has 1 aliphatic heterocycles.